The van der Waals surface area contributed by atoms with E-state index in [1.54, 1.807) is 39.0 Å². The van der Waals surface area contributed by atoms with Crippen molar-refractivity contribution < 1.29 is 19.2 Å². The Labute approximate surface area is 242 Å². The van der Waals surface area contributed by atoms with Crippen molar-refractivity contribution in [2.75, 3.05) is 5.32 Å². The van der Waals surface area contributed by atoms with E-state index in [1.807, 2.05) is 80.6 Å². The molecule has 2 atom stereocenters. The van der Waals surface area contributed by atoms with Gasteiger partial charge in [0.15, 0.2) is 0 Å². The largest absolute Gasteiger partial charge is 0.355 e. The topological polar surface area (TPSA) is 116 Å². The Morgan fingerprint density at radius 3 is 1.93 bits per heavy atom. The maximum atomic E-state index is 13.6. The molecule has 0 saturated heterocycles. The van der Waals surface area contributed by atoms with Crippen LogP contribution in [-0.4, -0.2) is 41.1 Å². The molecule has 8 heteroatoms. The van der Waals surface area contributed by atoms with Gasteiger partial charge in [0.2, 0.25) is 11.7 Å². The van der Waals surface area contributed by atoms with Crippen molar-refractivity contribution >= 4 is 34.9 Å². The molecular formula is C33H40N4O4. The van der Waals surface area contributed by atoms with Crippen LogP contribution in [0.25, 0.3) is 0 Å². The maximum Gasteiger partial charge on any atom is 0.290 e. The number of ketones is 1. The number of carbonyl (C=O) groups excluding carboxylic acids is 4. The Morgan fingerprint density at radius 2 is 1.32 bits per heavy atom. The second-order valence-corrected chi connectivity index (χ2v) is 11.5. The summed E-state index contributed by atoms with van der Waals surface area (Å²) in [6.07, 6.45) is 0.474. The van der Waals surface area contributed by atoms with Crippen molar-refractivity contribution in [2.24, 2.45) is 5.92 Å². The lowest BCUT2D eigenvalue weighted by Crippen LogP contribution is -2.56. The normalized spacial score (nSPS) is 12.6. The minimum Gasteiger partial charge on any atom is -0.355 e. The van der Waals surface area contributed by atoms with Gasteiger partial charge in [-0.15, -0.1) is 0 Å². The Balaban J connectivity index is 1.82. The zero-order chi connectivity index (χ0) is 30.0. The number of nitrogens with one attached hydrogen (secondary N) is 4. The molecule has 0 aliphatic carbocycles. The highest BCUT2D eigenvalue weighted by atomic mass is 16.2. The molecule has 3 rings (SSSR count). The fraction of sp³-hybridized carbons (Fsp3) is 0.333. The Kier molecular flexibility index (Phi) is 10.8. The lowest BCUT2D eigenvalue weighted by atomic mass is 9.98. The van der Waals surface area contributed by atoms with Gasteiger partial charge < -0.3 is 21.3 Å². The van der Waals surface area contributed by atoms with Crippen LogP contribution >= 0.6 is 0 Å². The average Bonchev–Trinajstić information content (AvgIpc) is 2.92. The van der Waals surface area contributed by atoms with Gasteiger partial charge in [-0.2, -0.15) is 0 Å². The second kappa shape index (κ2) is 14.3. The molecule has 0 bridgehead atoms. The molecule has 0 spiro atoms. The summed E-state index contributed by atoms with van der Waals surface area (Å²) < 4.78 is 0. The molecule has 0 aliphatic heterocycles. The van der Waals surface area contributed by atoms with Crippen molar-refractivity contribution in [3.8, 4) is 0 Å². The number of amides is 3. The van der Waals surface area contributed by atoms with Crippen LogP contribution in [0.3, 0.4) is 0 Å². The lowest BCUT2D eigenvalue weighted by Gasteiger charge is -2.26. The van der Waals surface area contributed by atoms with Gasteiger partial charge in [0.1, 0.15) is 12.1 Å². The standard InChI is InChI=1S/C33H40N4O4/c1-22(2)20-28(36-30(39)25-18-12-13-19-26(25)34-24-16-10-7-11-17-24)31(40)35-27(21-23-14-8-6-9-15-23)29(38)32(41)37-33(3,4)5/h6-19,22,27-28,34H,20-21H2,1-5H3,(H,35,40)(H,36,39)(H,37,41)/t27-,28-/m0/s1. The minimum atomic E-state index is -1.11. The highest BCUT2D eigenvalue weighted by Gasteiger charge is 2.32. The molecule has 3 aromatic rings. The van der Waals surface area contributed by atoms with Gasteiger partial charge in [0, 0.05) is 17.6 Å². The van der Waals surface area contributed by atoms with Gasteiger partial charge in [-0.25, -0.2) is 0 Å². The first kappa shape index (κ1) is 31.1. The number of anilines is 2. The number of rotatable bonds is 12. The predicted octanol–water partition coefficient (Wildman–Crippen LogP) is 4.79. The Morgan fingerprint density at radius 1 is 0.732 bits per heavy atom. The van der Waals surface area contributed by atoms with E-state index in [-0.39, 0.29) is 12.3 Å². The third-order valence-corrected chi connectivity index (χ3v) is 6.18. The quantitative estimate of drug-likeness (QED) is 0.240. The number of hydrogen-bond acceptors (Lipinski definition) is 5. The van der Waals surface area contributed by atoms with E-state index >= 15 is 0 Å². The van der Waals surface area contributed by atoms with E-state index in [0.717, 1.165) is 11.3 Å². The van der Waals surface area contributed by atoms with Crippen LogP contribution < -0.4 is 21.3 Å². The molecule has 0 saturated carbocycles. The first-order valence-electron chi connectivity index (χ1n) is 13.9. The fourth-order valence-corrected chi connectivity index (χ4v) is 4.30. The smallest absolute Gasteiger partial charge is 0.290 e. The highest BCUT2D eigenvalue weighted by Crippen LogP contribution is 2.21. The molecule has 0 aromatic heterocycles. The van der Waals surface area contributed by atoms with E-state index in [1.165, 1.54) is 0 Å². The summed E-state index contributed by atoms with van der Waals surface area (Å²) in [7, 11) is 0. The summed E-state index contributed by atoms with van der Waals surface area (Å²) in [4.78, 5) is 53.1. The molecule has 216 valence electrons. The van der Waals surface area contributed by atoms with Crippen molar-refractivity contribution in [1.29, 1.82) is 0 Å². The summed E-state index contributed by atoms with van der Waals surface area (Å²) in [5.74, 6) is -2.41. The van der Waals surface area contributed by atoms with E-state index in [0.29, 0.717) is 17.7 Å². The van der Waals surface area contributed by atoms with Crippen LogP contribution in [0.4, 0.5) is 11.4 Å². The van der Waals surface area contributed by atoms with Crippen LogP contribution in [0, 0.1) is 5.92 Å². The van der Waals surface area contributed by atoms with Crippen molar-refractivity contribution in [2.45, 2.75) is 65.1 Å². The van der Waals surface area contributed by atoms with Crippen LogP contribution in [0.15, 0.2) is 84.9 Å². The third kappa shape index (κ3) is 9.90. The molecule has 0 aliphatic rings. The summed E-state index contributed by atoms with van der Waals surface area (Å²) in [6, 6.07) is 23.7. The lowest BCUT2D eigenvalue weighted by molar-refractivity contribution is -0.141. The molecule has 8 nitrogen and oxygen atoms in total. The molecule has 0 unspecified atom stereocenters. The van der Waals surface area contributed by atoms with Gasteiger partial charge in [0.05, 0.1) is 11.3 Å². The number of benzene rings is 3. The predicted molar refractivity (Wildman–Crippen MR) is 162 cm³/mol. The molecule has 0 radical (unpaired) electrons. The molecule has 3 aromatic carbocycles. The average molecular weight is 557 g/mol. The van der Waals surface area contributed by atoms with E-state index in [9.17, 15) is 19.2 Å². The van der Waals surface area contributed by atoms with Crippen molar-refractivity contribution in [3.05, 3.63) is 96.1 Å². The second-order valence-electron chi connectivity index (χ2n) is 11.5. The number of hydrogen-bond donors (Lipinski definition) is 4. The molecule has 3 amide bonds. The monoisotopic (exact) mass is 556 g/mol. The van der Waals surface area contributed by atoms with Gasteiger partial charge >= 0.3 is 0 Å². The van der Waals surface area contributed by atoms with Crippen LogP contribution in [0.1, 0.15) is 57.0 Å². The third-order valence-electron chi connectivity index (χ3n) is 6.18. The van der Waals surface area contributed by atoms with Gasteiger partial charge in [-0.1, -0.05) is 74.5 Å². The van der Waals surface area contributed by atoms with Crippen molar-refractivity contribution in [3.63, 3.8) is 0 Å². The van der Waals surface area contributed by atoms with E-state index in [2.05, 4.69) is 21.3 Å². The number of para-hydroxylation sites is 2. The fourth-order valence-electron chi connectivity index (χ4n) is 4.30. The van der Waals surface area contributed by atoms with E-state index < -0.39 is 41.1 Å². The zero-order valence-electron chi connectivity index (χ0n) is 24.4. The summed E-state index contributed by atoms with van der Waals surface area (Å²) in [6.45, 7) is 9.23. The Hall–Kier alpha value is -4.46. The van der Waals surface area contributed by atoms with Crippen LogP contribution in [-0.2, 0) is 20.8 Å². The molecule has 4 N–H and O–H groups in total. The van der Waals surface area contributed by atoms with Crippen LogP contribution in [0.5, 0.6) is 0 Å². The molecule has 0 heterocycles. The molecule has 41 heavy (non-hydrogen) atoms. The molecule has 0 fully saturated rings. The van der Waals surface area contributed by atoms with Gasteiger partial charge in [0.25, 0.3) is 11.8 Å². The SMILES string of the molecule is CC(C)C[C@H](NC(=O)c1ccccc1Nc1ccccc1)C(=O)N[C@@H](Cc1ccccc1)C(=O)C(=O)NC(C)(C)C. The van der Waals surface area contributed by atoms with Crippen LogP contribution in [0.2, 0.25) is 0 Å². The van der Waals surface area contributed by atoms with Crippen molar-refractivity contribution in [1.82, 2.24) is 16.0 Å². The van der Waals surface area contributed by atoms with Gasteiger partial charge in [-0.3, -0.25) is 19.2 Å². The minimum absolute atomic E-state index is 0.0659. The highest BCUT2D eigenvalue weighted by molar-refractivity contribution is 6.38. The zero-order valence-corrected chi connectivity index (χ0v) is 24.4. The summed E-state index contributed by atoms with van der Waals surface area (Å²) >= 11 is 0. The number of carbonyl (C=O) groups is 4. The summed E-state index contributed by atoms with van der Waals surface area (Å²) in [5.41, 5.74) is 1.96. The summed E-state index contributed by atoms with van der Waals surface area (Å²) in [5, 5.41) is 11.6. The van der Waals surface area contributed by atoms with E-state index in [4.69, 9.17) is 0 Å². The number of Topliss-reactive ketones (excluding diaryl/α,β-unsaturated/α-hetero) is 1. The molecular weight excluding hydrogens is 516 g/mol. The maximum absolute atomic E-state index is 13.6. The first-order chi connectivity index (χ1) is 19.4. The first-order valence-corrected chi connectivity index (χ1v) is 13.9. The Bertz CT molecular complexity index is 1330. The van der Waals surface area contributed by atoms with Gasteiger partial charge in [-0.05, 0) is 62.9 Å².